The Labute approximate surface area is 436 Å². The van der Waals surface area contributed by atoms with Gasteiger partial charge in [0, 0.05) is 0 Å². The number of rotatable bonds is 55. The van der Waals surface area contributed by atoms with E-state index in [1.165, 1.54) is 308 Å². The summed E-state index contributed by atoms with van der Waals surface area (Å²) in [4.78, 5) is 24.7. The van der Waals surface area contributed by atoms with Crippen LogP contribution in [0.4, 0.5) is 0 Å². The molecule has 2 N–H and O–H groups in total. The zero-order chi connectivity index (χ0) is 50.4. The van der Waals surface area contributed by atoms with E-state index in [2.05, 4.69) is 19.1 Å². The maximum Gasteiger partial charge on any atom is 0.309 e. The average molecular weight is 988 g/mol. The molecule has 0 aromatic carbocycles. The Kier molecular flexibility index (Phi) is 51.3. The second-order valence-corrected chi connectivity index (χ2v) is 22.8. The van der Waals surface area contributed by atoms with Gasteiger partial charge in [-0.3, -0.25) is 9.59 Å². The Morgan fingerprint density at radius 3 is 0.886 bits per heavy atom. The van der Waals surface area contributed by atoms with Crippen LogP contribution in [0.15, 0.2) is 12.2 Å². The topological polar surface area (TPSA) is 93.1 Å². The number of cyclic esters (lactones) is 2. The zero-order valence-corrected chi connectivity index (χ0v) is 47.1. The third kappa shape index (κ3) is 45.2. The predicted molar refractivity (Wildman–Crippen MR) is 302 cm³/mol. The van der Waals surface area contributed by atoms with E-state index in [-0.39, 0.29) is 19.6 Å². The molecule has 0 aromatic heterocycles. The molecule has 1 aliphatic heterocycles. The number of hydrogen-bond acceptors (Lipinski definition) is 6. The molecule has 0 saturated carbocycles. The quantitative estimate of drug-likeness (QED) is 0.0358. The van der Waals surface area contributed by atoms with Crippen LogP contribution in [0.2, 0.25) is 0 Å². The van der Waals surface area contributed by atoms with Gasteiger partial charge >= 0.3 is 11.9 Å². The van der Waals surface area contributed by atoms with Crippen LogP contribution in [0.5, 0.6) is 0 Å². The van der Waals surface area contributed by atoms with Gasteiger partial charge in [-0.25, -0.2) is 0 Å². The van der Waals surface area contributed by atoms with E-state index in [9.17, 15) is 19.8 Å². The summed E-state index contributed by atoms with van der Waals surface area (Å²) in [5.41, 5.74) is -1.12. The highest BCUT2D eigenvalue weighted by Crippen LogP contribution is 2.25. The lowest BCUT2D eigenvalue weighted by molar-refractivity contribution is -0.155. The van der Waals surface area contributed by atoms with E-state index in [1.807, 2.05) is 0 Å². The van der Waals surface area contributed by atoms with Crippen molar-refractivity contribution in [2.75, 3.05) is 26.4 Å². The molecule has 0 aromatic rings. The summed E-state index contributed by atoms with van der Waals surface area (Å²) < 4.78 is 10.6. The second-order valence-electron chi connectivity index (χ2n) is 22.8. The summed E-state index contributed by atoms with van der Waals surface area (Å²) in [6.45, 7) is 1.21. The molecule has 70 heavy (non-hydrogen) atoms. The maximum atomic E-state index is 12.5. The minimum Gasteiger partial charge on any atom is -0.465 e. The van der Waals surface area contributed by atoms with Crippen molar-refractivity contribution in [1.29, 1.82) is 0 Å². The fourth-order valence-corrected chi connectivity index (χ4v) is 10.6. The molecule has 414 valence electrons. The molecule has 0 bridgehead atoms. The maximum absolute atomic E-state index is 12.5. The molecule has 1 atom stereocenters. The van der Waals surface area contributed by atoms with Gasteiger partial charge in [0.25, 0.3) is 0 Å². The SMILES string of the molecule is CCCCCCCCCCCCCCCCCCCCCCCCCCCCCCCCCCCCCCC/C=C/CCCCCCCCCCCCCCC1CC(=O)OCC(CO)(CO)COC1=O. The van der Waals surface area contributed by atoms with Gasteiger partial charge in [-0.2, -0.15) is 0 Å². The largest absolute Gasteiger partial charge is 0.465 e. The van der Waals surface area contributed by atoms with Gasteiger partial charge in [-0.1, -0.05) is 321 Å². The highest BCUT2D eigenvalue weighted by atomic mass is 16.6. The summed E-state index contributed by atoms with van der Waals surface area (Å²) in [6, 6.07) is 0. The lowest BCUT2D eigenvalue weighted by atomic mass is 9.92. The number of aliphatic hydroxyl groups is 2. The Hall–Kier alpha value is -1.40. The average Bonchev–Trinajstić information content (AvgIpc) is 3.43. The van der Waals surface area contributed by atoms with Crippen LogP contribution < -0.4 is 0 Å². The number of allylic oxidation sites excluding steroid dienone is 2. The van der Waals surface area contributed by atoms with Crippen LogP contribution in [0.25, 0.3) is 0 Å². The van der Waals surface area contributed by atoms with E-state index in [0.29, 0.717) is 6.42 Å². The molecule has 1 heterocycles. The minimum atomic E-state index is -1.12. The third-order valence-electron chi connectivity index (χ3n) is 15.8. The van der Waals surface area contributed by atoms with Crippen LogP contribution in [-0.2, 0) is 19.1 Å². The first kappa shape index (κ1) is 66.6. The first-order valence-electron chi connectivity index (χ1n) is 31.8. The van der Waals surface area contributed by atoms with Gasteiger partial charge in [0.15, 0.2) is 0 Å². The molecular formula is C64H122O6. The standard InChI is InChI=1S/C64H122O6/c1-2-3-4-5-6-7-8-9-10-11-12-13-14-15-16-17-18-19-20-21-22-23-24-25-26-27-28-29-30-31-32-33-34-35-36-37-38-39-40-41-42-43-44-45-46-47-48-49-50-51-52-53-54-55-61-56-62(67)69-59-64(57-65,58-66)60-70-63(61)68/h40-41,61,65-66H,2-39,42-60H2,1H3/b41-40+. The molecule has 1 saturated heterocycles. The monoisotopic (exact) mass is 987 g/mol. The smallest absolute Gasteiger partial charge is 0.309 e. The van der Waals surface area contributed by atoms with Crippen molar-refractivity contribution in [1.82, 2.24) is 0 Å². The summed E-state index contributed by atoms with van der Waals surface area (Å²) >= 11 is 0. The Bertz CT molecular complexity index is 1100. The van der Waals surface area contributed by atoms with Crippen molar-refractivity contribution in [3.63, 3.8) is 0 Å². The van der Waals surface area contributed by atoms with Gasteiger partial charge in [-0.05, 0) is 32.1 Å². The van der Waals surface area contributed by atoms with Crippen molar-refractivity contribution in [3.05, 3.63) is 12.2 Å². The predicted octanol–water partition coefficient (Wildman–Crippen LogP) is 19.9. The Morgan fingerprint density at radius 2 is 0.614 bits per heavy atom. The van der Waals surface area contributed by atoms with Crippen LogP contribution >= 0.6 is 0 Å². The van der Waals surface area contributed by atoms with Crippen LogP contribution in [0.1, 0.15) is 347 Å². The molecule has 6 nitrogen and oxygen atoms in total. The number of ether oxygens (including phenoxy) is 2. The first-order valence-corrected chi connectivity index (χ1v) is 31.8. The van der Waals surface area contributed by atoms with Crippen LogP contribution in [0, 0.1) is 11.3 Å². The highest BCUT2D eigenvalue weighted by Gasteiger charge is 2.36. The normalized spacial score (nSPS) is 15.3. The van der Waals surface area contributed by atoms with E-state index in [0.717, 1.165) is 19.3 Å². The molecule has 0 aliphatic carbocycles. The Balaban J connectivity index is 1.69. The van der Waals surface area contributed by atoms with E-state index in [1.54, 1.807) is 0 Å². The fourth-order valence-electron chi connectivity index (χ4n) is 10.6. The lowest BCUT2D eigenvalue weighted by Gasteiger charge is -2.27. The van der Waals surface area contributed by atoms with E-state index < -0.39 is 36.5 Å². The Morgan fingerprint density at radius 1 is 0.371 bits per heavy atom. The van der Waals surface area contributed by atoms with E-state index >= 15 is 0 Å². The molecule has 6 heteroatoms. The number of carbonyl (C=O) groups excluding carboxylic acids is 2. The molecule has 0 spiro atoms. The fraction of sp³-hybridized carbons (Fsp3) is 0.938. The molecule has 1 fully saturated rings. The number of carbonyl (C=O) groups is 2. The molecule has 1 rings (SSSR count). The second kappa shape index (κ2) is 53.9. The van der Waals surface area contributed by atoms with Crippen LogP contribution in [-0.4, -0.2) is 48.6 Å². The molecule has 0 amide bonds. The first-order chi connectivity index (χ1) is 34.6. The number of aliphatic hydroxyl groups excluding tert-OH is 2. The van der Waals surface area contributed by atoms with Crippen molar-refractivity contribution < 1.29 is 29.3 Å². The highest BCUT2D eigenvalue weighted by molar-refractivity contribution is 5.80. The summed E-state index contributed by atoms with van der Waals surface area (Å²) in [6.07, 6.45) is 77.2. The van der Waals surface area contributed by atoms with Crippen molar-refractivity contribution in [3.8, 4) is 0 Å². The van der Waals surface area contributed by atoms with Gasteiger partial charge in [-0.15, -0.1) is 0 Å². The van der Waals surface area contributed by atoms with Gasteiger partial charge in [0.1, 0.15) is 13.2 Å². The van der Waals surface area contributed by atoms with Crippen molar-refractivity contribution >= 4 is 11.9 Å². The summed E-state index contributed by atoms with van der Waals surface area (Å²) in [5, 5.41) is 19.2. The summed E-state index contributed by atoms with van der Waals surface area (Å²) in [7, 11) is 0. The minimum absolute atomic E-state index is 0.00230. The van der Waals surface area contributed by atoms with Gasteiger partial charge < -0.3 is 19.7 Å². The zero-order valence-electron chi connectivity index (χ0n) is 47.1. The van der Waals surface area contributed by atoms with Gasteiger partial charge in [0.05, 0.1) is 31.0 Å². The number of esters is 2. The third-order valence-corrected chi connectivity index (χ3v) is 15.8. The molecule has 1 aliphatic rings. The lowest BCUT2D eigenvalue weighted by Crippen LogP contribution is -2.40. The molecule has 1 unspecified atom stereocenters. The van der Waals surface area contributed by atoms with E-state index in [4.69, 9.17) is 9.47 Å². The van der Waals surface area contributed by atoms with Gasteiger partial charge in [0.2, 0.25) is 0 Å². The van der Waals surface area contributed by atoms with Crippen LogP contribution in [0.3, 0.4) is 0 Å². The van der Waals surface area contributed by atoms with Crippen molar-refractivity contribution in [2.45, 2.75) is 347 Å². The number of unbranched alkanes of at least 4 members (excludes halogenated alkanes) is 49. The van der Waals surface area contributed by atoms with Crippen molar-refractivity contribution in [2.24, 2.45) is 11.3 Å². The summed E-state index contributed by atoms with van der Waals surface area (Å²) in [5.74, 6) is -1.40. The number of hydrogen-bond donors (Lipinski definition) is 2. The molecule has 0 radical (unpaired) electrons. The molecular weight excluding hydrogens is 865 g/mol.